The lowest BCUT2D eigenvalue weighted by atomic mass is 9.88. The Morgan fingerprint density at radius 1 is 1.36 bits per heavy atom. The van der Waals surface area contributed by atoms with Gasteiger partial charge in [0.25, 0.3) is 0 Å². The topological polar surface area (TPSA) is 66.5 Å². The fourth-order valence-electron chi connectivity index (χ4n) is 1.34. The number of halogens is 1. The molecule has 0 bridgehead atoms. The predicted molar refractivity (Wildman–Crippen MR) is 61.1 cm³/mol. The van der Waals surface area contributed by atoms with Crippen LogP contribution < -0.4 is 10.5 Å². The Bertz CT molecular complexity index is 485. The average molecular weight is 227 g/mol. The third-order valence-corrected chi connectivity index (χ3v) is 3.49. The summed E-state index contributed by atoms with van der Waals surface area (Å²) in [6, 6.07) is 5.36. The van der Waals surface area contributed by atoms with Gasteiger partial charge in [0.2, 0.25) is 0 Å². The molecule has 0 amide bonds. The Hall–Kier alpha value is -0.745. The normalized spacial score (nSPS) is 10.8. The lowest BCUT2D eigenvalue weighted by Crippen LogP contribution is -2.29. The summed E-state index contributed by atoms with van der Waals surface area (Å²) in [7, 11) is -1.54. The highest BCUT2D eigenvalue weighted by Crippen LogP contribution is 2.32. The van der Waals surface area contributed by atoms with Crippen LogP contribution in [-0.4, -0.2) is 17.2 Å². The van der Waals surface area contributed by atoms with Gasteiger partial charge in [-0.05, 0) is 12.1 Å². The molecular weight excluding hydrogens is 220 g/mol. The number of nitrogen functional groups attached to an aromatic ring is 1. The number of fused-ring (bicyclic) bond motifs is 1. The van der Waals surface area contributed by atoms with E-state index in [4.69, 9.17) is 27.4 Å². The van der Waals surface area contributed by atoms with Crippen molar-refractivity contribution in [3.8, 4) is 0 Å². The maximum Gasteiger partial charge on any atom is 0.501 e. The molecule has 0 saturated carbocycles. The molecule has 2 rings (SSSR count). The Morgan fingerprint density at radius 2 is 2.07 bits per heavy atom. The molecule has 4 N–H and O–H groups in total. The molecule has 1 heterocycles. The van der Waals surface area contributed by atoms with Crippen molar-refractivity contribution in [1.82, 2.24) is 0 Å². The molecule has 1 aromatic carbocycles. The van der Waals surface area contributed by atoms with Gasteiger partial charge in [0.1, 0.15) is 0 Å². The number of hydrogen-bond donors (Lipinski definition) is 3. The monoisotopic (exact) mass is 227 g/mol. The molecule has 72 valence electrons. The fraction of sp³-hybridized carbons (Fsp3) is 0. The van der Waals surface area contributed by atoms with E-state index in [1.165, 1.54) is 11.3 Å². The van der Waals surface area contributed by atoms with Crippen LogP contribution in [0.15, 0.2) is 18.2 Å². The molecule has 0 aliphatic rings. The lowest BCUT2D eigenvalue weighted by Gasteiger charge is -1.97. The van der Waals surface area contributed by atoms with Gasteiger partial charge in [0.15, 0.2) is 0 Å². The zero-order valence-corrected chi connectivity index (χ0v) is 8.64. The van der Waals surface area contributed by atoms with Gasteiger partial charge in [0, 0.05) is 10.1 Å². The van der Waals surface area contributed by atoms with Gasteiger partial charge in [-0.3, -0.25) is 0 Å². The smallest absolute Gasteiger partial charge is 0.423 e. The van der Waals surface area contributed by atoms with Gasteiger partial charge in [-0.1, -0.05) is 17.7 Å². The van der Waals surface area contributed by atoms with E-state index in [2.05, 4.69) is 0 Å². The number of nitrogens with two attached hydrogens (primary N) is 1. The molecule has 3 nitrogen and oxygen atoms in total. The Labute approximate surface area is 89.9 Å². The van der Waals surface area contributed by atoms with Crippen molar-refractivity contribution in [2.24, 2.45) is 0 Å². The van der Waals surface area contributed by atoms with E-state index >= 15 is 0 Å². The summed E-state index contributed by atoms with van der Waals surface area (Å²) in [4.78, 5) is 0. The second-order valence-corrected chi connectivity index (χ2v) is 4.36. The van der Waals surface area contributed by atoms with Crippen LogP contribution in [-0.2, 0) is 0 Å². The fourth-order valence-corrected chi connectivity index (χ4v) is 2.69. The van der Waals surface area contributed by atoms with E-state index in [1.807, 2.05) is 6.07 Å². The SMILES string of the molecule is Nc1c(B(O)O)sc2cccc(Cl)c12. The number of thiophene rings is 1. The lowest BCUT2D eigenvalue weighted by molar-refractivity contribution is 0.427. The minimum atomic E-state index is -1.54. The first-order chi connectivity index (χ1) is 6.61. The summed E-state index contributed by atoms with van der Waals surface area (Å²) in [5, 5.41) is 19.3. The van der Waals surface area contributed by atoms with Crippen molar-refractivity contribution in [2.75, 3.05) is 5.73 Å². The molecule has 0 atom stereocenters. The van der Waals surface area contributed by atoms with E-state index in [0.717, 1.165) is 4.70 Å². The molecule has 0 spiro atoms. The van der Waals surface area contributed by atoms with E-state index < -0.39 is 7.12 Å². The highest BCUT2D eigenvalue weighted by atomic mass is 35.5. The Morgan fingerprint density at radius 3 is 2.64 bits per heavy atom. The number of benzene rings is 1. The summed E-state index contributed by atoms with van der Waals surface area (Å²) >= 11 is 7.18. The van der Waals surface area contributed by atoms with E-state index in [1.54, 1.807) is 12.1 Å². The number of rotatable bonds is 1. The Kier molecular flexibility index (Phi) is 2.40. The molecule has 0 saturated heterocycles. The molecule has 2 aromatic rings. The second kappa shape index (κ2) is 3.44. The molecule has 0 unspecified atom stereocenters. The van der Waals surface area contributed by atoms with Crippen molar-refractivity contribution in [2.45, 2.75) is 0 Å². The molecule has 0 aliphatic carbocycles. The summed E-state index contributed by atoms with van der Waals surface area (Å²) in [5.74, 6) is 0. The van der Waals surface area contributed by atoms with Crippen LogP contribution in [0.5, 0.6) is 0 Å². The minimum Gasteiger partial charge on any atom is -0.423 e. The highest BCUT2D eigenvalue weighted by Gasteiger charge is 2.21. The van der Waals surface area contributed by atoms with Crippen molar-refractivity contribution in [3.63, 3.8) is 0 Å². The summed E-state index contributed by atoms with van der Waals surface area (Å²) in [6.07, 6.45) is 0. The van der Waals surface area contributed by atoms with Crippen LogP contribution in [0, 0.1) is 0 Å². The molecule has 0 fully saturated rings. The largest absolute Gasteiger partial charge is 0.501 e. The van der Waals surface area contributed by atoms with Gasteiger partial charge >= 0.3 is 7.12 Å². The first-order valence-electron chi connectivity index (χ1n) is 3.93. The van der Waals surface area contributed by atoms with Crippen LogP contribution in [0.3, 0.4) is 0 Å². The zero-order chi connectivity index (χ0) is 10.3. The summed E-state index contributed by atoms with van der Waals surface area (Å²) in [5.41, 5.74) is 6.10. The van der Waals surface area contributed by atoms with Crippen molar-refractivity contribution in [3.05, 3.63) is 23.2 Å². The molecule has 14 heavy (non-hydrogen) atoms. The van der Waals surface area contributed by atoms with E-state index in [0.29, 0.717) is 20.9 Å². The maximum atomic E-state index is 9.04. The second-order valence-electron chi connectivity index (χ2n) is 2.87. The molecule has 0 aliphatic heterocycles. The van der Waals surface area contributed by atoms with Gasteiger partial charge in [-0.25, -0.2) is 0 Å². The van der Waals surface area contributed by atoms with Crippen LogP contribution in [0.2, 0.25) is 5.02 Å². The van der Waals surface area contributed by atoms with Crippen LogP contribution in [0.1, 0.15) is 0 Å². The van der Waals surface area contributed by atoms with E-state index in [-0.39, 0.29) is 0 Å². The Balaban J connectivity index is 2.81. The van der Waals surface area contributed by atoms with Crippen LogP contribution in [0.4, 0.5) is 5.69 Å². The zero-order valence-electron chi connectivity index (χ0n) is 7.07. The molecular formula is C8H7BClNO2S. The average Bonchev–Trinajstić information content (AvgIpc) is 2.45. The van der Waals surface area contributed by atoms with Gasteiger partial charge < -0.3 is 15.8 Å². The van der Waals surface area contributed by atoms with E-state index in [9.17, 15) is 0 Å². The van der Waals surface area contributed by atoms with Gasteiger partial charge in [0.05, 0.1) is 15.5 Å². The van der Waals surface area contributed by atoms with Crippen LogP contribution in [0.25, 0.3) is 10.1 Å². The van der Waals surface area contributed by atoms with Crippen LogP contribution >= 0.6 is 22.9 Å². The number of anilines is 1. The summed E-state index contributed by atoms with van der Waals surface area (Å²) in [6.45, 7) is 0. The number of hydrogen-bond acceptors (Lipinski definition) is 4. The maximum absolute atomic E-state index is 9.04. The third kappa shape index (κ3) is 1.38. The van der Waals surface area contributed by atoms with Crippen molar-refractivity contribution >= 4 is 50.6 Å². The molecule has 0 radical (unpaired) electrons. The van der Waals surface area contributed by atoms with Gasteiger partial charge in [-0.2, -0.15) is 0 Å². The van der Waals surface area contributed by atoms with Crippen molar-refractivity contribution < 1.29 is 10.0 Å². The molecule has 6 heteroatoms. The highest BCUT2D eigenvalue weighted by molar-refractivity contribution is 7.29. The van der Waals surface area contributed by atoms with Gasteiger partial charge in [-0.15, -0.1) is 11.3 Å². The predicted octanol–water partition coefficient (Wildman–Crippen LogP) is 0.817. The third-order valence-electron chi connectivity index (χ3n) is 1.96. The van der Waals surface area contributed by atoms with Crippen molar-refractivity contribution in [1.29, 1.82) is 0 Å². The first-order valence-corrected chi connectivity index (χ1v) is 5.13. The first kappa shape index (κ1) is 9.80. The standard InChI is InChI=1S/C8H7BClNO2S/c10-4-2-1-3-5-6(4)7(11)8(14-5)9(12)13/h1-3,12-13H,11H2. The molecule has 1 aromatic heterocycles. The quantitative estimate of drug-likeness (QED) is 0.632. The minimum absolute atomic E-state index is 0.341. The summed E-state index contributed by atoms with van der Waals surface area (Å²) < 4.78 is 1.20.